The van der Waals surface area contributed by atoms with Crippen molar-refractivity contribution in [2.45, 2.75) is 47.1 Å². The van der Waals surface area contributed by atoms with Crippen molar-refractivity contribution in [3.63, 3.8) is 0 Å². The summed E-state index contributed by atoms with van der Waals surface area (Å²) in [6.07, 6.45) is 5.60. The molecule has 8 nitrogen and oxygen atoms in total. The summed E-state index contributed by atoms with van der Waals surface area (Å²) in [6.45, 7) is 7.22. The number of imide groups is 1. The van der Waals surface area contributed by atoms with Crippen LogP contribution in [-0.2, 0) is 16.1 Å². The number of carbonyl (C=O) groups excluding carboxylic acids is 2. The van der Waals surface area contributed by atoms with Gasteiger partial charge in [-0.25, -0.2) is 0 Å². The summed E-state index contributed by atoms with van der Waals surface area (Å²) < 4.78 is 1.14. The van der Waals surface area contributed by atoms with Crippen LogP contribution in [0, 0.1) is 29.6 Å². The van der Waals surface area contributed by atoms with Gasteiger partial charge in [0, 0.05) is 24.2 Å². The Morgan fingerprint density at radius 1 is 1.00 bits per heavy atom. The average molecular weight is 420 g/mol. The summed E-state index contributed by atoms with van der Waals surface area (Å²) >= 11 is 0. The molecule has 0 spiro atoms. The summed E-state index contributed by atoms with van der Waals surface area (Å²) in [5.41, 5.74) is 0.390. The van der Waals surface area contributed by atoms with Crippen molar-refractivity contribution >= 4 is 17.9 Å². The van der Waals surface area contributed by atoms with Crippen LogP contribution in [0.2, 0.25) is 0 Å². The molecule has 0 fully saturated rings. The Bertz CT molecular complexity index is 1170. The number of allylic oxidation sites excluding steroid dienone is 2. The summed E-state index contributed by atoms with van der Waals surface area (Å²) in [4.78, 5) is 38.6. The number of nitrogens with zero attached hydrogens (tertiary/aromatic N) is 4. The van der Waals surface area contributed by atoms with Gasteiger partial charge in [0.2, 0.25) is 5.88 Å². The van der Waals surface area contributed by atoms with Crippen LogP contribution < -0.4 is 5.56 Å². The van der Waals surface area contributed by atoms with E-state index in [0.717, 1.165) is 9.47 Å². The third-order valence-electron chi connectivity index (χ3n) is 5.09. The van der Waals surface area contributed by atoms with Gasteiger partial charge in [-0.1, -0.05) is 19.9 Å². The predicted octanol–water partition coefficient (Wildman–Crippen LogP) is 2.70. The third-order valence-corrected chi connectivity index (χ3v) is 5.09. The smallest absolute Gasteiger partial charge is 0.271 e. The van der Waals surface area contributed by atoms with Gasteiger partial charge in [0.15, 0.2) is 0 Å². The Labute approximate surface area is 180 Å². The zero-order chi connectivity index (χ0) is 23.3. The maximum atomic E-state index is 12.8. The van der Waals surface area contributed by atoms with E-state index in [0.29, 0.717) is 18.4 Å². The molecule has 31 heavy (non-hydrogen) atoms. The molecule has 0 aliphatic carbocycles. The topological polar surface area (TPSA) is 127 Å². The van der Waals surface area contributed by atoms with Gasteiger partial charge in [0.1, 0.15) is 23.3 Å². The zero-order valence-corrected chi connectivity index (χ0v) is 18.0. The molecule has 1 aromatic heterocycles. The second-order valence-corrected chi connectivity index (χ2v) is 7.12. The second kappa shape index (κ2) is 9.73. The third kappa shape index (κ3) is 4.19. The number of amides is 2. The quantitative estimate of drug-likeness (QED) is 0.557. The molecule has 160 valence electrons. The lowest BCUT2D eigenvalue weighted by Crippen LogP contribution is -2.43. The van der Waals surface area contributed by atoms with Gasteiger partial charge in [-0.2, -0.15) is 10.5 Å². The molecule has 1 N–H and O–H groups in total. The maximum absolute atomic E-state index is 12.8. The summed E-state index contributed by atoms with van der Waals surface area (Å²) in [5, 5.41) is 29.3. The van der Waals surface area contributed by atoms with E-state index in [4.69, 9.17) is 0 Å². The minimum absolute atomic E-state index is 0.0603. The van der Waals surface area contributed by atoms with Gasteiger partial charge in [0.05, 0.1) is 0 Å². The first-order chi connectivity index (χ1) is 14.7. The molecule has 0 saturated heterocycles. The summed E-state index contributed by atoms with van der Waals surface area (Å²) in [5.74, 6) is -1.37. The Morgan fingerprint density at radius 3 is 2.19 bits per heavy atom. The molecule has 1 aliphatic heterocycles. The Kier molecular flexibility index (Phi) is 7.33. The molecule has 0 radical (unpaired) electrons. The highest BCUT2D eigenvalue weighted by Gasteiger charge is 2.34. The molecule has 0 saturated carbocycles. The van der Waals surface area contributed by atoms with E-state index in [-0.39, 0.29) is 46.8 Å². The number of hydrogen-bond donors (Lipinski definition) is 1. The lowest BCUT2D eigenvalue weighted by atomic mass is 9.94. The molecule has 0 atom stereocenters. The van der Waals surface area contributed by atoms with Crippen molar-refractivity contribution in [1.29, 1.82) is 10.5 Å². The number of hydrogen-bond acceptors (Lipinski definition) is 6. The van der Waals surface area contributed by atoms with Gasteiger partial charge in [-0.15, -0.1) is 0 Å². The number of aromatic nitrogens is 1. The minimum atomic E-state index is -0.605. The van der Waals surface area contributed by atoms with Gasteiger partial charge < -0.3 is 5.11 Å². The largest absolute Gasteiger partial charge is 0.494 e. The number of rotatable bonds is 6. The second-order valence-electron chi connectivity index (χ2n) is 7.12. The summed E-state index contributed by atoms with van der Waals surface area (Å²) in [6, 6.07) is 3.76. The van der Waals surface area contributed by atoms with Crippen molar-refractivity contribution in [1.82, 2.24) is 9.47 Å². The minimum Gasteiger partial charge on any atom is -0.494 e. The van der Waals surface area contributed by atoms with E-state index in [9.17, 15) is 30.0 Å². The highest BCUT2D eigenvalue weighted by Crippen LogP contribution is 2.27. The van der Waals surface area contributed by atoms with Crippen molar-refractivity contribution in [3.8, 4) is 18.0 Å². The SMILES string of the molecule is CCCN1C(=O)C(C#N)=C(C)/C(=C\C=C\c2c(C)c(C#N)c(=O)n(CCC)c2O)C1=O. The van der Waals surface area contributed by atoms with Crippen LogP contribution in [0.3, 0.4) is 0 Å². The van der Waals surface area contributed by atoms with Crippen molar-refractivity contribution in [3.05, 3.63) is 55.9 Å². The highest BCUT2D eigenvalue weighted by molar-refractivity contribution is 6.18. The van der Waals surface area contributed by atoms with E-state index < -0.39 is 17.4 Å². The van der Waals surface area contributed by atoms with E-state index >= 15 is 0 Å². The molecule has 0 unspecified atom stereocenters. The Balaban J connectivity index is 2.62. The lowest BCUT2D eigenvalue weighted by Gasteiger charge is -2.26. The van der Waals surface area contributed by atoms with Gasteiger partial charge in [-0.3, -0.25) is 23.9 Å². The molecule has 2 rings (SSSR count). The number of aromatic hydroxyl groups is 1. The van der Waals surface area contributed by atoms with Crippen LogP contribution in [0.1, 0.15) is 50.3 Å². The highest BCUT2D eigenvalue weighted by atomic mass is 16.3. The predicted molar refractivity (Wildman–Crippen MR) is 115 cm³/mol. The van der Waals surface area contributed by atoms with E-state index in [1.54, 1.807) is 6.92 Å². The molecular formula is C23H24N4O4. The monoisotopic (exact) mass is 420 g/mol. The van der Waals surface area contributed by atoms with Crippen LogP contribution >= 0.6 is 0 Å². The first-order valence-corrected chi connectivity index (χ1v) is 9.97. The van der Waals surface area contributed by atoms with Gasteiger partial charge in [-0.05, 0) is 50.0 Å². The fraction of sp³-hybridized carbons (Fsp3) is 0.348. The molecule has 1 aliphatic rings. The van der Waals surface area contributed by atoms with Crippen LogP contribution in [-0.4, -0.2) is 32.9 Å². The van der Waals surface area contributed by atoms with Crippen molar-refractivity contribution in [2.24, 2.45) is 0 Å². The molecule has 1 aromatic rings. The molecule has 0 aromatic carbocycles. The van der Waals surface area contributed by atoms with Crippen LogP contribution in [0.4, 0.5) is 0 Å². The van der Waals surface area contributed by atoms with Crippen LogP contribution in [0.5, 0.6) is 5.88 Å². The fourth-order valence-electron chi connectivity index (χ4n) is 3.42. The maximum Gasteiger partial charge on any atom is 0.271 e. The van der Waals surface area contributed by atoms with Gasteiger partial charge in [0.25, 0.3) is 17.4 Å². The molecular weight excluding hydrogens is 396 g/mol. The van der Waals surface area contributed by atoms with Gasteiger partial charge >= 0.3 is 0 Å². The molecule has 2 heterocycles. The normalized spacial score (nSPS) is 15.7. The van der Waals surface area contributed by atoms with E-state index in [2.05, 4.69) is 0 Å². The van der Waals surface area contributed by atoms with E-state index in [1.807, 2.05) is 26.0 Å². The lowest BCUT2D eigenvalue weighted by molar-refractivity contribution is -0.140. The number of carbonyl (C=O) groups is 2. The standard InChI is InChI=1S/C23H24N4O4/c1-5-10-26-20(28)16(14(3)18(12-24)22(26)30)8-7-9-17-15(4)19(13-25)23(31)27(11-6-2)21(17)29/h7-9,28H,5-6,10-11H2,1-4H3/b8-7+,17-9+. The molecule has 2 amide bonds. The fourth-order valence-corrected chi connectivity index (χ4v) is 3.42. The Hall–Kier alpha value is -3.91. The zero-order valence-electron chi connectivity index (χ0n) is 18.0. The first kappa shape index (κ1) is 23.4. The molecule has 0 bridgehead atoms. The summed E-state index contributed by atoms with van der Waals surface area (Å²) in [7, 11) is 0. The first-order valence-electron chi connectivity index (χ1n) is 9.97. The van der Waals surface area contributed by atoms with Crippen LogP contribution in [0.25, 0.3) is 6.08 Å². The average Bonchev–Trinajstić information content (AvgIpc) is 2.74. The molecule has 8 heteroatoms. The van der Waals surface area contributed by atoms with E-state index in [1.165, 1.54) is 25.2 Å². The van der Waals surface area contributed by atoms with Crippen LogP contribution in [0.15, 0.2) is 33.7 Å². The number of nitriles is 2. The number of pyridine rings is 1. The Morgan fingerprint density at radius 2 is 1.65 bits per heavy atom. The van der Waals surface area contributed by atoms with Crippen molar-refractivity contribution < 1.29 is 14.7 Å². The van der Waals surface area contributed by atoms with Crippen molar-refractivity contribution in [2.75, 3.05) is 6.54 Å².